The van der Waals surface area contributed by atoms with Crippen LogP contribution < -0.4 is 5.19 Å². The summed E-state index contributed by atoms with van der Waals surface area (Å²) in [6, 6.07) is 19.9. The van der Waals surface area contributed by atoms with Gasteiger partial charge in [0.05, 0.1) is 18.8 Å². The molecular weight excluding hydrogens is 849 g/mol. The van der Waals surface area contributed by atoms with E-state index in [1.807, 2.05) is 75.4 Å². The van der Waals surface area contributed by atoms with Crippen molar-refractivity contribution in [3.05, 3.63) is 96.6 Å². The number of hydrogen-bond donors (Lipinski definition) is 1. The van der Waals surface area contributed by atoms with Gasteiger partial charge in [-0.25, -0.2) is 9.59 Å². The normalized spacial score (nSPS) is 29.4. The lowest BCUT2D eigenvalue weighted by atomic mass is 9.97. The molecule has 0 radical (unpaired) electrons. The standard InChI is InChI=1S/C50H74O12Si2/c1-15-24-35(25-16-2)55-47-44(43-40(33(5)54-47)60-50(9,10)61-43)59-48-45(62-64(13,14)49(6,7)8)42(58-46(53)32(4)17-3)41(37(31-51)56-48)57-39(52)30-38(34-26-20-18-21-27-34)63(11,12)36-28-22-19-23-29-36/h15,17-23,26-30,33,35,37,40-45,47-48,51H,1,16,24-25,31H2,2-14H3/b32-17+,38-30+/t33-,35-,37-,40+,41-,42+,43+,44-,45-,47+,48+/m1/s1. The largest absolute Gasteiger partial charge is 0.452 e. The first-order chi connectivity index (χ1) is 30.1. The van der Waals surface area contributed by atoms with Crippen LogP contribution in [-0.2, 0) is 51.9 Å². The molecule has 0 aliphatic carbocycles. The molecule has 0 amide bonds. The fourth-order valence-corrected chi connectivity index (χ4v) is 12.2. The molecule has 64 heavy (non-hydrogen) atoms. The minimum atomic E-state index is -2.79. The zero-order valence-electron chi connectivity index (χ0n) is 40.3. The highest BCUT2D eigenvalue weighted by molar-refractivity contribution is 7.04. The lowest BCUT2D eigenvalue weighted by Crippen LogP contribution is -2.67. The molecule has 3 fully saturated rings. The van der Waals surface area contributed by atoms with Crippen molar-refractivity contribution in [3.8, 4) is 0 Å². The van der Waals surface area contributed by atoms with E-state index in [4.69, 9.17) is 42.3 Å². The topological polar surface area (TPSA) is 137 Å². The summed E-state index contributed by atoms with van der Waals surface area (Å²) in [6.07, 6.45) is -2.94. The highest BCUT2D eigenvalue weighted by Crippen LogP contribution is 2.44. The van der Waals surface area contributed by atoms with Crippen LogP contribution in [0.15, 0.2) is 91.0 Å². The van der Waals surface area contributed by atoms with Crippen LogP contribution in [0.3, 0.4) is 0 Å². The number of ether oxygens (including phenoxy) is 8. The number of benzene rings is 2. The van der Waals surface area contributed by atoms with Crippen molar-refractivity contribution >= 4 is 38.7 Å². The first kappa shape index (κ1) is 51.7. The lowest BCUT2D eigenvalue weighted by molar-refractivity contribution is -0.360. The van der Waals surface area contributed by atoms with E-state index in [1.165, 1.54) is 6.08 Å². The second-order valence-corrected chi connectivity index (χ2v) is 28.8. The summed E-state index contributed by atoms with van der Waals surface area (Å²) in [6.45, 7) is 29.2. The zero-order valence-corrected chi connectivity index (χ0v) is 42.3. The van der Waals surface area contributed by atoms with Crippen LogP contribution in [0.2, 0.25) is 31.2 Å². The molecule has 0 saturated carbocycles. The maximum absolute atomic E-state index is 14.6. The molecule has 3 aliphatic rings. The van der Waals surface area contributed by atoms with Crippen LogP contribution in [-0.4, -0.2) is 113 Å². The summed E-state index contributed by atoms with van der Waals surface area (Å²) >= 11 is 0. The van der Waals surface area contributed by atoms with E-state index < -0.39 is 102 Å². The van der Waals surface area contributed by atoms with Gasteiger partial charge < -0.3 is 47.4 Å². The molecule has 354 valence electrons. The van der Waals surface area contributed by atoms with Gasteiger partial charge >= 0.3 is 11.9 Å². The second kappa shape index (κ2) is 21.6. The Hall–Kier alpha value is -3.29. The van der Waals surface area contributed by atoms with Crippen molar-refractivity contribution in [3.63, 3.8) is 0 Å². The van der Waals surface area contributed by atoms with Gasteiger partial charge in [0.2, 0.25) is 0 Å². The molecular formula is C50H74O12Si2. The molecule has 2 aromatic carbocycles. The first-order valence-corrected chi connectivity index (χ1v) is 28.7. The molecule has 1 N–H and O–H groups in total. The Labute approximate surface area is 383 Å². The quantitative estimate of drug-likeness (QED) is 0.0664. The maximum Gasteiger partial charge on any atom is 0.333 e. The molecule has 0 unspecified atom stereocenters. The minimum Gasteiger partial charge on any atom is -0.452 e. The lowest BCUT2D eigenvalue weighted by Gasteiger charge is -2.50. The number of rotatable bonds is 18. The van der Waals surface area contributed by atoms with Crippen molar-refractivity contribution in [2.45, 2.75) is 186 Å². The minimum absolute atomic E-state index is 0.237. The third-order valence-electron chi connectivity index (χ3n) is 13.0. The summed E-state index contributed by atoms with van der Waals surface area (Å²) < 4.78 is 60.0. The Morgan fingerprint density at radius 3 is 2.09 bits per heavy atom. The number of fused-ring (bicyclic) bond motifs is 1. The number of esters is 2. The van der Waals surface area contributed by atoms with Crippen molar-refractivity contribution in [1.82, 2.24) is 0 Å². The molecule has 3 saturated heterocycles. The van der Waals surface area contributed by atoms with E-state index in [9.17, 15) is 14.7 Å². The monoisotopic (exact) mass is 922 g/mol. The van der Waals surface area contributed by atoms with Crippen molar-refractivity contribution < 1.29 is 57.0 Å². The fraction of sp³-hybridized carbons (Fsp3) is 0.600. The van der Waals surface area contributed by atoms with Crippen molar-refractivity contribution in [1.29, 1.82) is 0 Å². The van der Waals surface area contributed by atoms with E-state index >= 15 is 0 Å². The molecule has 2 aromatic rings. The van der Waals surface area contributed by atoms with E-state index in [1.54, 1.807) is 19.9 Å². The van der Waals surface area contributed by atoms with Crippen LogP contribution in [0.1, 0.15) is 87.1 Å². The third kappa shape index (κ3) is 12.2. The van der Waals surface area contributed by atoms with E-state index in [-0.39, 0.29) is 11.1 Å². The summed E-state index contributed by atoms with van der Waals surface area (Å²) in [4.78, 5) is 28.5. The molecule has 0 aromatic heterocycles. The number of allylic oxidation sites excluding steroid dienone is 1. The average molecular weight is 923 g/mol. The zero-order chi connectivity index (χ0) is 47.2. The molecule has 14 heteroatoms. The summed E-state index contributed by atoms with van der Waals surface area (Å²) in [7, 11) is -5.32. The van der Waals surface area contributed by atoms with Gasteiger partial charge in [-0.2, -0.15) is 0 Å². The van der Waals surface area contributed by atoms with Gasteiger partial charge in [-0.15, -0.1) is 6.58 Å². The Morgan fingerprint density at radius 1 is 0.891 bits per heavy atom. The van der Waals surface area contributed by atoms with E-state index in [0.29, 0.717) is 12.0 Å². The number of carbonyl (C=O) groups excluding carboxylic acids is 2. The second-order valence-electron chi connectivity index (χ2n) is 19.7. The predicted molar refractivity (Wildman–Crippen MR) is 253 cm³/mol. The van der Waals surface area contributed by atoms with Gasteiger partial charge in [0.25, 0.3) is 0 Å². The van der Waals surface area contributed by atoms with Gasteiger partial charge in [0.1, 0.15) is 38.6 Å². The molecule has 5 rings (SSSR count). The smallest absolute Gasteiger partial charge is 0.333 e. The van der Waals surface area contributed by atoms with Gasteiger partial charge in [-0.1, -0.05) is 125 Å². The molecule has 3 heterocycles. The number of carbonyl (C=O) groups is 2. The van der Waals surface area contributed by atoms with Gasteiger partial charge in [0, 0.05) is 11.6 Å². The summed E-state index contributed by atoms with van der Waals surface area (Å²) in [5.74, 6) is -2.31. The van der Waals surface area contributed by atoms with Gasteiger partial charge in [-0.3, -0.25) is 0 Å². The molecule has 3 aliphatic heterocycles. The van der Waals surface area contributed by atoms with Crippen LogP contribution in [0.5, 0.6) is 0 Å². The third-order valence-corrected chi connectivity index (χ3v) is 21.0. The highest BCUT2D eigenvalue weighted by Gasteiger charge is 2.60. The fourth-order valence-electron chi connectivity index (χ4n) is 8.23. The van der Waals surface area contributed by atoms with E-state index in [0.717, 1.165) is 28.8 Å². The SMILES string of the molecule is C=CC[C@H](CCC)O[C@@H]1O[C@H](C)[C@@H]2OC(C)(C)O[C@@H]2[C@H]1O[C@@H]1O[C@H](CO)[C@@H](OC(=O)/C=C(\c2ccccc2)[Si](C)(C)c2ccccc2)[C@H](OC(=O)/C(C)=C/C)[C@H]1O[Si](C)(C)C(C)(C)C. The van der Waals surface area contributed by atoms with E-state index in [2.05, 4.69) is 72.6 Å². The molecule has 11 atom stereocenters. The van der Waals surface area contributed by atoms with Crippen molar-refractivity contribution in [2.24, 2.45) is 0 Å². The van der Waals surface area contributed by atoms with Gasteiger partial charge in [-0.05, 0) is 76.4 Å². The highest BCUT2D eigenvalue weighted by atomic mass is 28.4. The van der Waals surface area contributed by atoms with Crippen LogP contribution in [0, 0.1) is 0 Å². The van der Waals surface area contributed by atoms with Gasteiger partial charge in [0.15, 0.2) is 38.9 Å². The summed E-state index contributed by atoms with van der Waals surface area (Å²) in [5, 5.41) is 12.8. The molecule has 12 nitrogen and oxygen atoms in total. The van der Waals surface area contributed by atoms with Crippen molar-refractivity contribution in [2.75, 3.05) is 6.61 Å². The number of aliphatic hydroxyl groups is 1. The Balaban J connectivity index is 1.63. The van der Waals surface area contributed by atoms with Crippen LogP contribution in [0.25, 0.3) is 5.20 Å². The molecule has 0 bridgehead atoms. The Morgan fingerprint density at radius 2 is 1.52 bits per heavy atom. The Bertz CT molecular complexity index is 1930. The molecule has 0 spiro atoms. The first-order valence-electron chi connectivity index (χ1n) is 22.8. The van der Waals surface area contributed by atoms with Crippen LogP contribution in [0.4, 0.5) is 0 Å². The Kier molecular flexibility index (Phi) is 17.4. The van der Waals surface area contributed by atoms with Crippen LogP contribution >= 0.6 is 0 Å². The number of hydrogen-bond acceptors (Lipinski definition) is 12. The predicted octanol–water partition coefficient (Wildman–Crippen LogP) is 8.53. The maximum atomic E-state index is 14.6. The average Bonchev–Trinajstić information content (AvgIpc) is 3.58. The summed E-state index contributed by atoms with van der Waals surface area (Å²) in [5.41, 5.74) is 1.21. The number of aliphatic hydroxyl groups excluding tert-OH is 1.